The Labute approximate surface area is 342 Å². The van der Waals surface area contributed by atoms with Gasteiger partial charge in [0.25, 0.3) is 17.7 Å². The number of nitrogens with one attached hydrogen (secondary N) is 2. The van der Waals surface area contributed by atoms with Crippen molar-refractivity contribution in [3.05, 3.63) is 89.2 Å². The van der Waals surface area contributed by atoms with Crippen LogP contribution >= 0.6 is 0 Å². The third-order valence-electron chi connectivity index (χ3n) is 12.1. The molecule has 1 atom stereocenters. The molecule has 304 valence electrons. The maximum atomic E-state index is 13.4. The minimum Gasteiger partial charge on any atom is -0.490 e. The molecule has 4 amide bonds. The van der Waals surface area contributed by atoms with Gasteiger partial charge in [-0.1, -0.05) is 0 Å². The Morgan fingerprint density at radius 1 is 0.949 bits per heavy atom. The zero-order valence-corrected chi connectivity index (χ0v) is 33.0. The molecule has 4 aliphatic rings. The summed E-state index contributed by atoms with van der Waals surface area (Å²) in [6.07, 6.45) is 7.58. The number of fused-ring (bicyclic) bond motifs is 2. The fraction of sp³-hybridized carbons (Fsp3) is 0.409. The van der Waals surface area contributed by atoms with Crippen LogP contribution in [0.15, 0.2) is 67.0 Å². The van der Waals surface area contributed by atoms with E-state index in [1.54, 1.807) is 30.6 Å². The summed E-state index contributed by atoms with van der Waals surface area (Å²) < 4.78 is 6.22. The number of benzene rings is 2. The number of anilines is 2. The van der Waals surface area contributed by atoms with E-state index in [0.717, 1.165) is 80.4 Å². The highest BCUT2D eigenvalue weighted by atomic mass is 16.5. The Morgan fingerprint density at radius 2 is 1.73 bits per heavy atom. The van der Waals surface area contributed by atoms with Gasteiger partial charge in [0, 0.05) is 102 Å². The van der Waals surface area contributed by atoms with E-state index in [0.29, 0.717) is 47.4 Å². The van der Waals surface area contributed by atoms with Crippen molar-refractivity contribution in [2.75, 3.05) is 62.7 Å². The average Bonchev–Trinajstić information content (AvgIpc) is 3.51. The van der Waals surface area contributed by atoms with E-state index < -0.39 is 23.8 Å². The fourth-order valence-electron chi connectivity index (χ4n) is 8.67. The molecule has 3 aliphatic heterocycles. The third-order valence-corrected chi connectivity index (χ3v) is 12.1. The molecule has 1 aliphatic carbocycles. The first-order valence-electron chi connectivity index (χ1n) is 20.4. The van der Waals surface area contributed by atoms with Crippen LogP contribution in [0.4, 0.5) is 11.5 Å². The van der Waals surface area contributed by atoms with Crippen LogP contribution < -0.4 is 25.2 Å². The summed E-state index contributed by atoms with van der Waals surface area (Å²) in [6.45, 7) is 6.14. The van der Waals surface area contributed by atoms with E-state index in [1.165, 1.54) is 7.05 Å². The molecule has 3 fully saturated rings. The van der Waals surface area contributed by atoms with Gasteiger partial charge in [0.2, 0.25) is 5.91 Å². The van der Waals surface area contributed by atoms with Crippen LogP contribution in [0.25, 0.3) is 10.9 Å². The summed E-state index contributed by atoms with van der Waals surface area (Å²) >= 11 is 0. The van der Waals surface area contributed by atoms with E-state index in [1.807, 2.05) is 36.4 Å². The number of pyridine rings is 2. The summed E-state index contributed by atoms with van der Waals surface area (Å²) in [6, 6.07) is 17.5. The number of hydrogen-bond donors (Lipinski definition) is 2. The average molecular weight is 798 g/mol. The number of rotatable bonds is 13. The molecule has 0 radical (unpaired) electrons. The smallest absolute Gasteiger partial charge is 0.262 e. The molecule has 8 rings (SSSR count). The fourth-order valence-corrected chi connectivity index (χ4v) is 8.67. The second-order valence-electron chi connectivity index (χ2n) is 15.7. The number of piperazine rings is 1. The second-order valence-corrected chi connectivity index (χ2v) is 15.7. The Bertz CT molecular complexity index is 2290. The molecular formula is C44H47N9O6. The first-order chi connectivity index (χ1) is 28.7. The van der Waals surface area contributed by atoms with Crippen LogP contribution in [0, 0.1) is 17.2 Å². The highest BCUT2D eigenvalue weighted by molar-refractivity contribution is 6.23. The second kappa shape index (κ2) is 17.2. The summed E-state index contributed by atoms with van der Waals surface area (Å²) in [5.74, 6) is 0.483. The molecule has 5 heterocycles. The van der Waals surface area contributed by atoms with Crippen LogP contribution in [-0.4, -0.2) is 121 Å². The molecule has 2 aromatic heterocycles. The van der Waals surface area contributed by atoms with Crippen molar-refractivity contribution in [1.29, 1.82) is 5.26 Å². The van der Waals surface area contributed by atoms with Crippen LogP contribution in [-0.2, 0) is 9.59 Å². The Hall–Kier alpha value is -6.40. The summed E-state index contributed by atoms with van der Waals surface area (Å²) in [5.41, 5.74) is 3.09. The molecule has 1 unspecified atom stereocenters. The number of imide groups is 1. The Morgan fingerprint density at radius 3 is 2.44 bits per heavy atom. The van der Waals surface area contributed by atoms with E-state index in [9.17, 15) is 29.2 Å². The summed E-state index contributed by atoms with van der Waals surface area (Å²) in [4.78, 5) is 80.2. The highest BCUT2D eigenvalue weighted by Gasteiger charge is 2.43. The lowest BCUT2D eigenvalue weighted by molar-refractivity contribution is -0.124. The Balaban J connectivity index is 0.764. The lowest BCUT2D eigenvalue weighted by Crippen LogP contribution is -2.49. The maximum absolute atomic E-state index is 13.4. The van der Waals surface area contributed by atoms with Gasteiger partial charge in [0.1, 0.15) is 36.1 Å². The number of aromatic nitrogens is 2. The van der Waals surface area contributed by atoms with Crippen molar-refractivity contribution >= 4 is 52.3 Å². The topological polar surface area (TPSA) is 181 Å². The lowest BCUT2D eigenvalue weighted by atomic mass is 9.89. The number of carbonyl (C=O) groups excluding carboxylic acids is 5. The van der Waals surface area contributed by atoms with Crippen LogP contribution in [0.2, 0.25) is 0 Å². The highest BCUT2D eigenvalue weighted by Crippen LogP contribution is 2.33. The van der Waals surface area contributed by atoms with E-state index in [2.05, 4.69) is 41.4 Å². The van der Waals surface area contributed by atoms with Gasteiger partial charge in [-0.2, -0.15) is 5.26 Å². The van der Waals surface area contributed by atoms with E-state index in [4.69, 9.17) is 4.74 Å². The molecule has 1 saturated carbocycles. The lowest BCUT2D eigenvalue weighted by Gasteiger charge is -2.40. The van der Waals surface area contributed by atoms with Crippen molar-refractivity contribution in [3.8, 4) is 11.8 Å². The number of hydrogen-bond acceptors (Lipinski definition) is 12. The molecule has 59 heavy (non-hydrogen) atoms. The van der Waals surface area contributed by atoms with Crippen molar-refractivity contribution in [1.82, 2.24) is 30.4 Å². The predicted molar refractivity (Wildman–Crippen MR) is 219 cm³/mol. The van der Waals surface area contributed by atoms with Gasteiger partial charge in [-0.25, -0.2) is 4.98 Å². The number of ether oxygens (including phenoxy) is 1. The quantitative estimate of drug-likeness (QED) is 0.149. The number of likely N-dealkylation sites (N-methyl/N-ethyl adjacent to an activating group) is 1. The van der Waals surface area contributed by atoms with Gasteiger partial charge in [0.15, 0.2) is 0 Å². The molecule has 0 bridgehead atoms. The van der Waals surface area contributed by atoms with Crippen LogP contribution in [0.1, 0.15) is 75.2 Å². The van der Waals surface area contributed by atoms with E-state index in [-0.39, 0.29) is 42.0 Å². The molecule has 2 N–H and O–H groups in total. The van der Waals surface area contributed by atoms with Crippen molar-refractivity contribution in [2.24, 2.45) is 5.92 Å². The first kappa shape index (κ1) is 39.4. The largest absolute Gasteiger partial charge is 0.490 e. The molecule has 2 aromatic carbocycles. The molecule has 15 nitrogen and oxygen atoms in total. The van der Waals surface area contributed by atoms with Gasteiger partial charge in [-0.15, -0.1) is 0 Å². The standard InChI is InChI=1S/C44H47N9O6/c1-46-42(56)37(5-3-21-54)53-43(57)34-9-8-32(24-36(34)44(53)58)51-19-17-50(18-20-51)27-28-12-15-52(16-13-28)39-11-7-30(26-48-39)41(55)49-31-22-33(23-31)59-38-10-6-29(25-45)40-35(38)4-2-14-47-40/h2,4,6-11,14,21,24,26,28,31,33,37H,3,5,12-13,15-20,22-23,27H2,1H3,(H,46,56)(H,49,55). The number of nitriles is 1. The normalized spacial score (nSPS) is 20.1. The zero-order chi connectivity index (χ0) is 41.0. The molecule has 15 heteroatoms. The van der Waals surface area contributed by atoms with Gasteiger partial charge >= 0.3 is 0 Å². The predicted octanol–water partition coefficient (Wildman–Crippen LogP) is 3.57. The Kier molecular flexibility index (Phi) is 11.5. The van der Waals surface area contributed by atoms with Crippen molar-refractivity contribution in [3.63, 3.8) is 0 Å². The molecule has 4 aromatic rings. The van der Waals surface area contributed by atoms with Gasteiger partial charge < -0.3 is 30.0 Å². The SMILES string of the molecule is CNC(=O)C(CCC=O)N1C(=O)c2ccc(N3CCN(CC4CCN(c5ccc(C(=O)NC6CC(Oc7ccc(C#N)c8ncccc78)C6)cn5)CC4)CC3)cc2C1=O. The third kappa shape index (κ3) is 8.18. The van der Waals surface area contributed by atoms with Crippen molar-refractivity contribution < 1.29 is 28.7 Å². The molecule has 2 saturated heterocycles. The minimum absolute atomic E-state index is 0.0109. The number of aldehydes is 1. The minimum atomic E-state index is -1.04. The van der Waals surface area contributed by atoms with Gasteiger partial charge in [-0.05, 0) is 79.8 Å². The van der Waals surface area contributed by atoms with Crippen molar-refractivity contribution in [2.45, 2.75) is 56.7 Å². The van der Waals surface area contributed by atoms with Crippen LogP contribution in [0.3, 0.4) is 0 Å². The molecular weight excluding hydrogens is 751 g/mol. The number of piperidine rings is 1. The summed E-state index contributed by atoms with van der Waals surface area (Å²) in [5, 5.41) is 15.8. The maximum Gasteiger partial charge on any atom is 0.262 e. The summed E-state index contributed by atoms with van der Waals surface area (Å²) in [7, 11) is 1.45. The molecule has 0 spiro atoms. The van der Waals surface area contributed by atoms with Gasteiger partial charge in [0.05, 0.1) is 27.8 Å². The number of carbonyl (C=O) groups is 5. The van der Waals surface area contributed by atoms with Gasteiger partial charge in [-0.3, -0.25) is 34.0 Å². The number of nitrogens with zero attached hydrogens (tertiary/aromatic N) is 7. The van der Waals surface area contributed by atoms with E-state index >= 15 is 0 Å². The monoisotopic (exact) mass is 797 g/mol. The zero-order valence-electron chi connectivity index (χ0n) is 33.0. The van der Waals surface area contributed by atoms with Crippen LogP contribution in [0.5, 0.6) is 5.75 Å². The number of amides is 4. The first-order valence-corrected chi connectivity index (χ1v) is 20.4.